The zero-order chi connectivity index (χ0) is 15.1. The molecule has 0 unspecified atom stereocenters. The van der Waals surface area contributed by atoms with Gasteiger partial charge in [-0.2, -0.15) is 0 Å². The number of nitrogens with one attached hydrogen (secondary N) is 1. The molecule has 1 heterocycles. The van der Waals surface area contributed by atoms with Gasteiger partial charge in [-0.3, -0.25) is 0 Å². The van der Waals surface area contributed by atoms with Crippen LogP contribution in [0.3, 0.4) is 0 Å². The Morgan fingerprint density at radius 2 is 1.71 bits per heavy atom. The summed E-state index contributed by atoms with van der Waals surface area (Å²) in [4.78, 5) is 1.56. The van der Waals surface area contributed by atoms with Gasteiger partial charge in [0.05, 0.1) is 6.61 Å². The van der Waals surface area contributed by atoms with E-state index in [9.17, 15) is 0 Å². The van der Waals surface area contributed by atoms with Gasteiger partial charge in [0.2, 0.25) is 0 Å². The van der Waals surface area contributed by atoms with Crippen molar-refractivity contribution < 1.29 is 19.1 Å². The fourth-order valence-electron chi connectivity index (χ4n) is 2.78. The lowest BCUT2D eigenvalue weighted by molar-refractivity contribution is -0.915. The van der Waals surface area contributed by atoms with Crippen molar-refractivity contribution in [1.29, 1.82) is 0 Å². The van der Waals surface area contributed by atoms with Gasteiger partial charge < -0.3 is 19.1 Å². The Labute approximate surface area is 128 Å². The molecule has 0 bridgehead atoms. The van der Waals surface area contributed by atoms with E-state index in [0.29, 0.717) is 12.2 Å². The molecular weight excluding hydrogens is 266 g/mol. The second-order valence-corrected chi connectivity index (χ2v) is 5.84. The third-order valence-corrected chi connectivity index (χ3v) is 3.62. The average molecular weight is 294 g/mol. The monoisotopic (exact) mass is 294 g/mol. The highest BCUT2D eigenvalue weighted by Gasteiger charge is 2.25. The summed E-state index contributed by atoms with van der Waals surface area (Å²) in [6.45, 7) is 11.0. The SMILES string of the molecule is CCCOc1cccc(OCC[NH+]2C[C@H](C)O[C@@H](C)C2)c1. The van der Waals surface area contributed by atoms with Crippen molar-refractivity contribution in [3.05, 3.63) is 24.3 Å². The van der Waals surface area contributed by atoms with Crippen LogP contribution in [0.5, 0.6) is 11.5 Å². The Kier molecular flexibility index (Phi) is 6.33. The number of morpholine rings is 1. The first-order chi connectivity index (χ1) is 10.2. The van der Waals surface area contributed by atoms with E-state index in [-0.39, 0.29) is 0 Å². The van der Waals surface area contributed by atoms with Crippen molar-refractivity contribution in [2.75, 3.05) is 32.8 Å². The summed E-state index contributed by atoms with van der Waals surface area (Å²) < 4.78 is 17.2. The Morgan fingerprint density at radius 1 is 1.10 bits per heavy atom. The number of hydrogen-bond donors (Lipinski definition) is 1. The van der Waals surface area contributed by atoms with E-state index in [1.165, 1.54) is 0 Å². The molecule has 2 rings (SSSR count). The number of quaternary nitrogens is 1. The third kappa shape index (κ3) is 5.56. The molecule has 4 nitrogen and oxygen atoms in total. The summed E-state index contributed by atoms with van der Waals surface area (Å²) in [5.74, 6) is 1.77. The van der Waals surface area contributed by atoms with Gasteiger partial charge in [0.15, 0.2) is 0 Å². The molecule has 21 heavy (non-hydrogen) atoms. The zero-order valence-corrected chi connectivity index (χ0v) is 13.4. The molecule has 1 aromatic carbocycles. The quantitative estimate of drug-likeness (QED) is 0.828. The van der Waals surface area contributed by atoms with Crippen LogP contribution in [0.1, 0.15) is 27.2 Å². The smallest absolute Gasteiger partial charge is 0.137 e. The van der Waals surface area contributed by atoms with Crippen molar-refractivity contribution in [2.45, 2.75) is 39.4 Å². The molecule has 118 valence electrons. The van der Waals surface area contributed by atoms with Crippen LogP contribution in [-0.4, -0.2) is 45.1 Å². The standard InChI is InChI=1S/C17H27NO3/c1-4-9-19-16-6-5-7-17(11-16)20-10-8-18-12-14(2)21-15(3)13-18/h5-7,11,14-15H,4,8-10,12-13H2,1-3H3/p+1/t14-,15-/m0/s1. The fourth-order valence-corrected chi connectivity index (χ4v) is 2.78. The Morgan fingerprint density at radius 3 is 2.33 bits per heavy atom. The van der Waals surface area contributed by atoms with E-state index in [4.69, 9.17) is 14.2 Å². The molecule has 1 N–H and O–H groups in total. The Hall–Kier alpha value is -1.26. The minimum absolute atomic E-state index is 0.342. The van der Waals surface area contributed by atoms with Crippen LogP contribution in [0.25, 0.3) is 0 Å². The van der Waals surface area contributed by atoms with Crippen LogP contribution < -0.4 is 14.4 Å². The molecule has 0 aliphatic carbocycles. The number of rotatable bonds is 7. The lowest BCUT2D eigenvalue weighted by atomic mass is 10.2. The molecule has 2 atom stereocenters. The molecule has 0 saturated carbocycles. The molecule has 0 spiro atoms. The van der Waals surface area contributed by atoms with Crippen LogP contribution in [0.4, 0.5) is 0 Å². The van der Waals surface area contributed by atoms with Crippen LogP contribution >= 0.6 is 0 Å². The van der Waals surface area contributed by atoms with Crippen LogP contribution in [0.15, 0.2) is 24.3 Å². The summed E-state index contributed by atoms with van der Waals surface area (Å²) in [6.07, 6.45) is 1.70. The van der Waals surface area contributed by atoms with E-state index in [0.717, 1.165) is 50.8 Å². The van der Waals surface area contributed by atoms with Crippen LogP contribution in [0, 0.1) is 0 Å². The van der Waals surface area contributed by atoms with Gasteiger partial charge in [0.25, 0.3) is 0 Å². The Bertz CT molecular complexity index is 414. The van der Waals surface area contributed by atoms with Gasteiger partial charge in [0.1, 0.15) is 49.9 Å². The minimum atomic E-state index is 0.342. The highest BCUT2D eigenvalue weighted by atomic mass is 16.5. The van der Waals surface area contributed by atoms with E-state index in [2.05, 4.69) is 20.8 Å². The Balaban J connectivity index is 1.75. The van der Waals surface area contributed by atoms with Gasteiger partial charge in [-0.05, 0) is 32.4 Å². The number of ether oxygens (including phenoxy) is 3. The second kappa shape index (κ2) is 8.25. The first kappa shape index (κ1) is 16.1. The van der Waals surface area contributed by atoms with Gasteiger partial charge in [0, 0.05) is 6.07 Å². The van der Waals surface area contributed by atoms with Crippen molar-refractivity contribution in [3.8, 4) is 11.5 Å². The molecule has 1 aliphatic heterocycles. The van der Waals surface area contributed by atoms with Crippen molar-refractivity contribution in [1.82, 2.24) is 0 Å². The van der Waals surface area contributed by atoms with E-state index in [1.54, 1.807) is 4.90 Å². The maximum atomic E-state index is 5.86. The first-order valence-electron chi connectivity index (χ1n) is 8.02. The van der Waals surface area contributed by atoms with E-state index in [1.807, 2.05) is 24.3 Å². The van der Waals surface area contributed by atoms with Crippen molar-refractivity contribution in [3.63, 3.8) is 0 Å². The van der Waals surface area contributed by atoms with E-state index >= 15 is 0 Å². The molecule has 0 radical (unpaired) electrons. The molecule has 0 aromatic heterocycles. The van der Waals surface area contributed by atoms with Gasteiger partial charge in [-0.15, -0.1) is 0 Å². The van der Waals surface area contributed by atoms with E-state index < -0.39 is 0 Å². The van der Waals surface area contributed by atoms with Crippen molar-refractivity contribution >= 4 is 0 Å². The summed E-state index contributed by atoms with van der Waals surface area (Å²) in [6, 6.07) is 7.90. The summed E-state index contributed by atoms with van der Waals surface area (Å²) in [7, 11) is 0. The van der Waals surface area contributed by atoms with Crippen LogP contribution in [-0.2, 0) is 4.74 Å². The average Bonchev–Trinajstić information content (AvgIpc) is 2.44. The predicted molar refractivity (Wildman–Crippen MR) is 83.3 cm³/mol. The topological polar surface area (TPSA) is 32.1 Å². The summed E-state index contributed by atoms with van der Waals surface area (Å²) in [5.41, 5.74) is 0. The molecule has 1 aromatic rings. The first-order valence-corrected chi connectivity index (χ1v) is 8.02. The molecule has 1 saturated heterocycles. The molecular formula is C17H28NO3+. The molecule has 1 fully saturated rings. The second-order valence-electron chi connectivity index (χ2n) is 5.84. The lowest BCUT2D eigenvalue weighted by Crippen LogP contribution is -3.16. The number of hydrogen-bond acceptors (Lipinski definition) is 3. The highest BCUT2D eigenvalue weighted by Crippen LogP contribution is 2.19. The fraction of sp³-hybridized carbons (Fsp3) is 0.647. The summed E-state index contributed by atoms with van der Waals surface area (Å²) >= 11 is 0. The molecule has 1 aliphatic rings. The normalized spacial score (nSPS) is 25.6. The molecule has 4 heteroatoms. The molecule has 0 amide bonds. The van der Waals surface area contributed by atoms with Gasteiger partial charge >= 0.3 is 0 Å². The third-order valence-electron chi connectivity index (χ3n) is 3.62. The van der Waals surface area contributed by atoms with Gasteiger partial charge in [-0.25, -0.2) is 0 Å². The van der Waals surface area contributed by atoms with Gasteiger partial charge in [-0.1, -0.05) is 13.0 Å². The maximum absolute atomic E-state index is 5.86. The number of benzene rings is 1. The highest BCUT2D eigenvalue weighted by molar-refractivity contribution is 5.32. The van der Waals surface area contributed by atoms with Crippen LogP contribution in [0.2, 0.25) is 0 Å². The predicted octanol–water partition coefficient (Wildman–Crippen LogP) is 1.55. The lowest BCUT2D eigenvalue weighted by Gasteiger charge is -2.32. The van der Waals surface area contributed by atoms with Crippen molar-refractivity contribution in [2.24, 2.45) is 0 Å². The minimum Gasteiger partial charge on any atom is -0.493 e. The largest absolute Gasteiger partial charge is 0.493 e. The summed E-state index contributed by atoms with van der Waals surface area (Å²) in [5, 5.41) is 0. The maximum Gasteiger partial charge on any atom is 0.137 e. The zero-order valence-electron chi connectivity index (χ0n) is 13.4.